The van der Waals surface area contributed by atoms with E-state index in [0.29, 0.717) is 17.4 Å². The second-order valence-electron chi connectivity index (χ2n) is 19.2. The molecule has 0 aliphatic carbocycles. The van der Waals surface area contributed by atoms with Crippen LogP contribution in [0.2, 0.25) is 0 Å². The lowest BCUT2D eigenvalue weighted by molar-refractivity contribution is -0.870. The van der Waals surface area contributed by atoms with Gasteiger partial charge >= 0.3 is 7.82 Å². The largest absolute Gasteiger partial charge is 0.472 e. The van der Waals surface area contributed by atoms with E-state index in [2.05, 4.69) is 153 Å². The van der Waals surface area contributed by atoms with Gasteiger partial charge in [0.05, 0.1) is 39.9 Å². The van der Waals surface area contributed by atoms with Crippen molar-refractivity contribution in [3.05, 3.63) is 146 Å². The van der Waals surface area contributed by atoms with Crippen LogP contribution in [0, 0.1) is 0 Å². The van der Waals surface area contributed by atoms with Gasteiger partial charge in [-0.05, 0) is 109 Å². The van der Waals surface area contributed by atoms with Gasteiger partial charge in [-0.2, -0.15) is 0 Å². The molecule has 0 fully saturated rings. The van der Waals surface area contributed by atoms with Crippen molar-refractivity contribution in [2.75, 3.05) is 40.9 Å². The maximum Gasteiger partial charge on any atom is 0.472 e. The quantitative estimate of drug-likeness (QED) is 0.0243. The van der Waals surface area contributed by atoms with Crippen molar-refractivity contribution in [2.45, 2.75) is 199 Å². The van der Waals surface area contributed by atoms with Crippen molar-refractivity contribution in [3.63, 3.8) is 0 Å². The van der Waals surface area contributed by atoms with E-state index in [1.165, 1.54) is 44.9 Å². The molecule has 0 saturated carbocycles. The number of nitrogens with zero attached hydrogens (tertiary/aromatic N) is 1. The Kier molecular flexibility index (Phi) is 48.7. The third-order valence-corrected chi connectivity index (χ3v) is 12.3. The molecule has 0 spiro atoms. The summed E-state index contributed by atoms with van der Waals surface area (Å²) in [5.74, 6) is -0.206. The molecule has 71 heavy (non-hydrogen) atoms. The number of unbranched alkanes of at least 4 members (excludes halogenated alkanes) is 13. The minimum absolute atomic E-state index is 0.0445. The minimum atomic E-state index is -4.36. The smallest absolute Gasteiger partial charge is 0.387 e. The lowest BCUT2D eigenvalue weighted by Crippen LogP contribution is -2.45. The van der Waals surface area contributed by atoms with Gasteiger partial charge in [0.25, 0.3) is 0 Å². The average Bonchev–Trinajstić information content (AvgIpc) is 3.33. The number of phosphoric acid groups is 1. The number of hydrogen-bond acceptors (Lipinski definition) is 5. The van der Waals surface area contributed by atoms with E-state index >= 15 is 0 Å². The van der Waals surface area contributed by atoms with Crippen molar-refractivity contribution in [2.24, 2.45) is 0 Å². The van der Waals surface area contributed by atoms with Crippen LogP contribution in [0.3, 0.4) is 0 Å². The number of aliphatic hydroxyl groups is 1. The highest BCUT2D eigenvalue weighted by Gasteiger charge is 2.27. The standard InChI is InChI=1S/C62H103N2O6P/c1-6-8-10-12-14-16-18-20-21-22-23-24-25-26-27-28-29-30-31-32-33-34-35-36-37-38-39-40-41-42-43-44-46-48-50-52-54-56-62(66)63-60(59-70-71(67,68)69-58-57-64(3,4)5)61(65)55-53-51-49-47-45-19-17-15-13-11-9-7-2/h8,10,13-16,20-21,23-24,26-27,29-30,32-33,35-36,38-39,45,47,53,55,60-61,65H,6-7,9,11-12,17-19,22,25,28,31,34,37,40-44,46,48-52,54,56-59H2,1-5H3,(H-,63,66,67,68)/p+1/b10-8-,15-13+,16-14-,21-20-,24-23-,27-26-,30-29-,33-32-,36-35-,39-38-,47-45+,55-53+. The van der Waals surface area contributed by atoms with E-state index in [-0.39, 0.29) is 19.1 Å². The lowest BCUT2D eigenvalue weighted by Gasteiger charge is -2.25. The second-order valence-corrected chi connectivity index (χ2v) is 20.7. The molecule has 3 N–H and O–H groups in total. The SMILES string of the molecule is CC/C=C\C/C=C\C/C=C\C/C=C\C/C=C\C/C=C\C/C=C\C/C=C\C/C=C\CCCCCCCCCCCC(=O)NC(COP(=O)(O)OCC[N+](C)(C)C)C(O)/C=C/CC/C=C/CC/C=C/CCCC. The number of carbonyl (C=O) groups excluding carboxylic acids is 1. The maximum absolute atomic E-state index is 12.9. The highest BCUT2D eigenvalue weighted by Crippen LogP contribution is 2.43. The van der Waals surface area contributed by atoms with Gasteiger partial charge in [0, 0.05) is 6.42 Å². The molecule has 0 aromatic carbocycles. The molecule has 0 aromatic rings. The topological polar surface area (TPSA) is 105 Å². The highest BCUT2D eigenvalue weighted by molar-refractivity contribution is 7.47. The number of phosphoric ester groups is 1. The number of aliphatic hydroxyl groups excluding tert-OH is 1. The molecule has 0 aliphatic heterocycles. The molecule has 8 nitrogen and oxygen atoms in total. The highest BCUT2D eigenvalue weighted by atomic mass is 31.2. The van der Waals surface area contributed by atoms with Gasteiger partial charge in [0.1, 0.15) is 13.2 Å². The van der Waals surface area contributed by atoms with E-state index in [4.69, 9.17) is 9.05 Å². The molecule has 3 unspecified atom stereocenters. The molecule has 0 heterocycles. The Morgan fingerprint density at radius 3 is 1.30 bits per heavy atom. The van der Waals surface area contributed by atoms with E-state index in [1.54, 1.807) is 6.08 Å². The molecule has 402 valence electrons. The van der Waals surface area contributed by atoms with Crippen LogP contribution in [0.1, 0.15) is 187 Å². The third kappa shape index (κ3) is 54.0. The van der Waals surface area contributed by atoms with Crippen LogP contribution in [-0.2, 0) is 18.4 Å². The summed E-state index contributed by atoms with van der Waals surface area (Å²) in [5.41, 5.74) is 0. The zero-order valence-electron chi connectivity index (χ0n) is 45.6. The number of likely N-dealkylation sites (N-methyl/N-ethyl adjacent to an activating group) is 1. The number of nitrogens with one attached hydrogen (secondary N) is 1. The van der Waals surface area contributed by atoms with E-state index in [9.17, 15) is 19.4 Å². The van der Waals surface area contributed by atoms with Crippen molar-refractivity contribution >= 4 is 13.7 Å². The number of carbonyl (C=O) groups is 1. The number of rotatable bonds is 48. The first-order chi connectivity index (χ1) is 34.5. The number of quaternary nitrogens is 1. The Morgan fingerprint density at radius 1 is 0.493 bits per heavy atom. The van der Waals surface area contributed by atoms with Crippen LogP contribution in [0.5, 0.6) is 0 Å². The van der Waals surface area contributed by atoms with Crippen LogP contribution < -0.4 is 5.32 Å². The zero-order valence-corrected chi connectivity index (χ0v) is 46.5. The molecule has 0 aliphatic rings. The van der Waals surface area contributed by atoms with Crippen molar-refractivity contribution in [1.29, 1.82) is 0 Å². The van der Waals surface area contributed by atoms with E-state index < -0.39 is 20.0 Å². The predicted octanol–water partition coefficient (Wildman–Crippen LogP) is 16.9. The molecular formula is C62H104N2O6P+. The summed E-state index contributed by atoms with van der Waals surface area (Å²) in [6.45, 7) is 4.58. The molecule has 0 radical (unpaired) electrons. The Labute approximate surface area is 436 Å². The molecule has 0 bridgehead atoms. The fourth-order valence-electron chi connectivity index (χ4n) is 6.93. The van der Waals surface area contributed by atoms with Gasteiger partial charge in [-0.25, -0.2) is 4.57 Å². The Hall–Kier alpha value is -3.62. The van der Waals surface area contributed by atoms with E-state index in [1.807, 2.05) is 27.2 Å². The number of amides is 1. The molecule has 0 saturated heterocycles. The summed E-state index contributed by atoms with van der Waals surface area (Å²) in [7, 11) is 1.52. The summed E-state index contributed by atoms with van der Waals surface area (Å²) >= 11 is 0. The van der Waals surface area contributed by atoms with Gasteiger partial charge in [-0.15, -0.1) is 0 Å². The Balaban J connectivity index is 4.16. The van der Waals surface area contributed by atoms with Crippen LogP contribution in [-0.4, -0.2) is 73.4 Å². The summed E-state index contributed by atoms with van der Waals surface area (Å²) in [4.78, 5) is 23.2. The summed E-state index contributed by atoms with van der Waals surface area (Å²) in [5, 5.41) is 13.8. The third-order valence-electron chi connectivity index (χ3n) is 11.3. The fourth-order valence-corrected chi connectivity index (χ4v) is 7.67. The normalized spacial score (nSPS) is 15.1. The molecule has 1 amide bonds. The van der Waals surface area contributed by atoms with Crippen LogP contribution >= 0.6 is 7.82 Å². The van der Waals surface area contributed by atoms with Crippen molar-refractivity contribution < 1.29 is 32.9 Å². The minimum Gasteiger partial charge on any atom is -0.387 e. The van der Waals surface area contributed by atoms with Gasteiger partial charge < -0.3 is 19.8 Å². The molecule has 0 aromatic heterocycles. The number of allylic oxidation sites excluding steroid dienone is 23. The average molecular weight is 1000 g/mol. The van der Waals surface area contributed by atoms with Gasteiger partial charge in [0.2, 0.25) is 5.91 Å². The number of hydrogen-bond donors (Lipinski definition) is 3. The maximum atomic E-state index is 12.9. The summed E-state index contributed by atoms with van der Waals surface area (Å²) in [6, 6.07) is -0.882. The fraction of sp³-hybridized carbons (Fsp3) is 0.597. The second kappa shape index (κ2) is 51.3. The lowest BCUT2D eigenvalue weighted by atomic mass is 10.1. The van der Waals surface area contributed by atoms with Crippen LogP contribution in [0.4, 0.5) is 0 Å². The summed E-state index contributed by atoms with van der Waals surface area (Å²) < 4.78 is 23.6. The van der Waals surface area contributed by atoms with Crippen LogP contribution in [0.25, 0.3) is 0 Å². The van der Waals surface area contributed by atoms with E-state index in [0.717, 1.165) is 122 Å². The van der Waals surface area contributed by atoms with Gasteiger partial charge in [-0.1, -0.05) is 217 Å². The first-order valence-electron chi connectivity index (χ1n) is 27.7. The summed E-state index contributed by atoms with van der Waals surface area (Å²) in [6.07, 6.45) is 79.5. The molecule has 3 atom stereocenters. The molecular weight excluding hydrogens is 900 g/mol. The van der Waals surface area contributed by atoms with Gasteiger partial charge in [0.15, 0.2) is 0 Å². The predicted molar refractivity (Wildman–Crippen MR) is 308 cm³/mol. The molecule has 0 rings (SSSR count). The first kappa shape index (κ1) is 67.4. The molecule has 9 heteroatoms. The monoisotopic (exact) mass is 1000 g/mol. The Morgan fingerprint density at radius 2 is 0.859 bits per heavy atom. The van der Waals surface area contributed by atoms with Gasteiger partial charge in [-0.3, -0.25) is 13.8 Å². The Bertz CT molecular complexity index is 1660. The first-order valence-corrected chi connectivity index (χ1v) is 29.2. The van der Waals surface area contributed by atoms with Crippen molar-refractivity contribution in [1.82, 2.24) is 5.32 Å². The zero-order chi connectivity index (χ0) is 52.0. The van der Waals surface area contributed by atoms with Crippen LogP contribution in [0.15, 0.2) is 146 Å². The van der Waals surface area contributed by atoms with Crippen molar-refractivity contribution in [3.8, 4) is 0 Å².